The maximum absolute atomic E-state index is 4.38. The smallest absolute Gasteiger partial charge is 0.0703 e. The van der Waals surface area contributed by atoms with Gasteiger partial charge < -0.3 is 10.6 Å². The summed E-state index contributed by atoms with van der Waals surface area (Å²) in [6, 6.07) is 28.0. The number of anilines is 1. The van der Waals surface area contributed by atoms with E-state index in [1.807, 2.05) is 12.3 Å². The molecule has 0 aliphatic heterocycles. The van der Waals surface area contributed by atoms with Crippen molar-refractivity contribution in [3.63, 3.8) is 0 Å². The van der Waals surface area contributed by atoms with Gasteiger partial charge in [0, 0.05) is 30.4 Å². The minimum atomic E-state index is 0.673. The summed E-state index contributed by atoms with van der Waals surface area (Å²) in [5.41, 5.74) is 7.22. The number of hydrogen-bond donors (Lipinski definition) is 2. The first kappa shape index (κ1) is 20.1. The van der Waals surface area contributed by atoms with Gasteiger partial charge in [0.05, 0.1) is 5.52 Å². The van der Waals surface area contributed by atoms with Crippen LogP contribution in [0.5, 0.6) is 0 Å². The molecule has 0 aliphatic carbocycles. The Kier molecular flexibility index (Phi) is 6.41. The van der Waals surface area contributed by atoms with Crippen molar-refractivity contribution in [3.05, 3.63) is 96.2 Å². The van der Waals surface area contributed by atoms with Crippen LogP contribution in [0.3, 0.4) is 0 Å². The van der Waals surface area contributed by atoms with E-state index in [2.05, 4.69) is 102 Å². The highest BCUT2D eigenvalue weighted by Crippen LogP contribution is 2.22. The Morgan fingerprint density at radius 2 is 1.63 bits per heavy atom. The second kappa shape index (κ2) is 9.55. The summed E-state index contributed by atoms with van der Waals surface area (Å²) in [6.45, 7) is 7.22. The highest BCUT2D eigenvalue weighted by molar-refractivity contribution is 5.82. The number of fused-ring (bicyclic) bond motifs is 1. The average Bonchev–Trinajstić information content (AvgIpc) is 2.78. The van der Waals surface area contributed by atoms with E-state index in [4.69, 9.17) is 0 Å². The van der Waals surface area contributed by atoms with E-state index in [9.17, 15) is 0 Å². The van der Waals surface area contributed by atoms with Crippen LogP contribution in [0.2, 0.25) is 0 Å². The van der Waals surface area contributed by atoms with Crippen LogP contribution in [0.1, 0.15) is 25.0 Å². The molecule has 0 unspecified atom stereocenters. The fourth-order valence-electron chi connectivity index (χ4n) is 3.57. The molecule has 0 spiro atoms. The Morgan fingerprint density at radius 1 is 0.767 bits per heavy atom. The van der Waals surface area contributed by atoms with Crippen molar-refractivity contribution < 1.29 is 0 Å². The lowest BCUT2D eigenvalue weighted by molar-refractivity contribution is 0.552. The van der Waals surface area contributed by atoms with Crippen molar-refractivity contribution in [3.8, 4) is 11.1 Å². The zero-order valence-corrected chi connectivity index (χ0v) is 17.7. The molecule has 0 radical (unpaired) electrons. The molecule has 152 valence electrons. The van der Waals surface area contributed by atoms with E-state index < -0.39 is 0 Å². The monoisotopic (exact) mass is 395 g/mol. The molecule has 1 heterocycles. The van der Waals surface area contributed by atoms with Gasteiger partial charge in [0.15, 0.2) is 0 Å². The zero-order valence-electron chi connectivity index (χ0n) is 17.7. The second-order valence-corrected chi connectivity index (χ2v) is 8.19. The van der Waals surface area contributed by atoms with Gasteiger partial charge >= 0.3 is 0 Å². The lowest BCUT2D eigenvalue weighted by Crippen LogP contribution is -2.18. The van der Waals surface area contributed by atoms with E-state index in [-0.39, 0.29) is 0 Å². The van der Waals surface area contributed by atoms with Crippen LogP contribution in [-0.2, 0) is 13.1 Å². The average molecular weight is 396 g/mol. The fourth-order valence-corrected chi connectivity index (χ4v) is 3.57. The van der Waals surface area contributed by atoms with Crippen molar-refractivity contribution in [2.75, 3.05) is 11.9 Å². The van der Waals surface area contributed by atoms with Gasteiger partial charge in [-0.3, -0.25) is 4.98 Å². The molecule has 2 N–H and O–H groups in total. The molecule has 0 saturated carbocycles. The summed E-state index contributed by atoms with van der Waals surface area (Å²) in [6.07, 6.45) is 1.83. The van der Waals surface area contributed by atoms with Crippen LogP contribution in [0, 0.1) is 5.92 Å². The molecule has 3 nitrogen and oxygen atoms in total. The van der Waals surface area contributed by atoms with Crippen LogP contribution < -0.4 is 10.6 Å². The number of benzene rings is 3. The van der Waals surface area contributed by atoms with Gasteiger partial charge in [-0.25, -0.2) is 0 Å². The lowest BCUT2D eigenvalue weighted by atomic mass is 10.0. The maximum atomic E-state index is 4.38. The molecule has 0 aliphatic rings. The predicted molar refractivity (Wildman–Crippen MR) is 127 cm³/mol. The van der Waals surface area contributed by atoms with Gasteiger partial charge in [-0.2, -0.15) is 0 Å². The molecular weight excluding hydrogens is 366 g/mol. The predicted octanol–water partition coefficient (Wildman–Crippen LogP) is 6.26. The fraction of sp³-hybridized carbons (Fsp3) is 0.222. The molecule has 0 atom stereocenters. The Balaban J connectivity index is 1.40. The topological polar surface area (TPSA) is 37.0 Å². The van der Waals surface area contributed by atoms with Crippen molar-refractivity contribution in [1.82, 2.24) is 10.3 Å². The quantitative estimate of drug-likeness (QED) is 0.370. The zero-order chi connectivity index (χ0) is 20.8. The van der Waals surface area contributed by atoms with Crippen LogP contribution in [0.15, 0.2) is 85.1 Å². The van der Waals surface area contributed by atoms with Crippen molar-refractivity contribution >= 4 is 16.6 Å². The van der Waals surface area contributed by atoms with Gasteiger partial charge in [0.1, 0.15) is 0 Å². The van der Waals surface area contributed by atoms with Crippen LogP contribution >= 0.6 is 0 Å². The number of nitrogens with one attached hydrogen (secondary N) is 2. The summed E-state index contributed by atoms with van der Waals surface area (Å²) in [4.78, 5) is 4.38. The summed E-state index contributed by atoms with van der Waals surface area (Å²) in [5, 5.41) is 8.19. The molecule has 0 saturated heterocycles. The Labute approximate surface area is 179 Å². The van der Waals surface area contributed by atoms with Gasteiger partial charge in [-0.15, -0.1) is 0 Å². The standard InChI is InChI=1S/C27H29N3/c1-20(2)17-28-18-21-8-10-23(11-9-21)24-6-3-5-22(15-24)19-30-26-12-13-27-25(16-26)7-4-14-29-27/h3-16,20,28,30H,17-19H2,1-2H3. The molecule has 0 bridgehead atoms. The minimum Gasteiger partial charge on any atom is -0.381 e. The van der Waals surface area contributed by atoms with E-state index in [1.165, 1.54) is 22.3 Å². The third kappa shape index (κ3) is 5.25. The van der Waals surface area contributed by atoms with Crippen LogP contribution in [-0.4, -0.2) is 11.5 Å². The summed E-state index contributed by atoms with van der Waals surface area (Å²) < 4.78 is 0. The van der Waals surface area contributed by atoms with E-state index in [0.29, 0.717) is 5.92 Å². The number of pyridine rings is 1. The summed E-state index contributed by atoms with van der Waals surface area (Å²) in [7, 11) is 0. The first-order valence-corrected chi connectivity index (χ1v) is 10.6. The van der Waals surface area contributed by atoms with Gasteiger partial charge in [0.2, 0.25) is 0 Å². The third-order valence-electron chi connectivity index (χ3n) is 5.20. The molecule has 1 aromatic heterocycles. The van der Waals surface area contributed by atoms with Crippen LogP contribution in [0.4, 0.5) is 5.69 Å². The number of rotatable bonds is 8. The third-order valence-corrected chi connectivity index (χ3v) is 5.20. The molecule has 4 rings (SSSR count). The Bertz CT molecular complexity index is 1100. The normalized spacial score (nSPS) is 11.2. The Hall–Kier alpha value is -3.17. The number of hydrogen-bond acceptors (Lipinski definition) is 3. The largest absolute Gasteiger partial charge is 0.381 e. The summed E-state index contributed by atoms with van der Waals surface area (Å²) >= 11 is 0. The van der Waals surface area contributed by atoms with Gasteiger partial charge in [0.25, 0.3) is 0 Å². The molecule has 30 heavy (non-hydrogen) atoms. The summed E-state index contributed by atoms with van der Waals surface area (Å²) in [5.74, 6) is 0.673. The van der Waals surface area contributed by atoms with E-state index >= 15 is 0 Å². The first-order valence-electron chi connectivity index (χ1n) is 10.6. The minimum absolute atomic E-state index is 0.673. The van der Waals surface area contributed by atoms with E-state index in [0.717, 1.165) is 36.2 Å². The Morgan fingerprint density at radius 3 is 2.47 bits per heavy atom. The lowest BCUT2D eigenvalue weighted by Gasteiger charge is -2.10. The number of nitrogens with zero attached hydrogens (tertiary/aromatic N) is 1. The first-order chi connectivity index (χ1) is 14.7. The van der Waals surface area contributed by atoms with Gasteiger partial charge in [-0.05, 0) is 65.0 Å². The van der Waals surface area contributed by atoms with Gasteiger partial charge in [-0.1, -0.05) is 62.4 Å². The highest BCUT2D eigenvalue weighted by Gasteiger charge is 2.02. The SMILES string of the molecule is CC(C)CNCc1ccc(-c2cccc(CNc3ccc4ncccc4c3)c2)cc1. The number of aromatic nitrogens is 1. The molecular formula is C27H29N3. The molecule has 3 aromatic carbocycles. The molecule has 0 amide bonds. The molecule has 0 fully saturated rings. The van der Waals surface area contributed by atoms with Crippen molar-refractivity contribution in [1.29, 1.82) is 0 Å². The molecule has 3 heteroatoms. The molecule has 4 aromatic rings. The van der Waals surface area contributed by atoms with Crippen LogP contribution in [0.25, 0.3) is 22.0 Å². The van der Waals surface area contributed by atoms with Crippen molar-refractivity contribution in [2.45, 2.75) is 26.9 Å². The highest BCUT2D eigenvalue weighted by atomic mass is 14.9. The van der Waals surface area contributed by atoms with Crippen molar-refractivity contribution in [2.24, 2.45) is 5.92 Å². The maximum Gasteiger partial charge on any atom is 0.0703 e. The van der Waals surface area contributed by atoms with E-state index in [1.54, 1.807) is 0 Å². The second-order valence-electron chi connectivity index (χ2n) is 8.19.